The van der Waals surface area contributed by atoms with E-state index in [0.29, 0.717) is 6.42 Å². The molecular formula is C11H14N2O2. The molecule has 0 spiro atoms. The number of nitrogens with one attached hydrogen (secondary N) is 1. The lowest BCUT2D eigenvalue weighted by atomic mass is 10.1. The Kier molecular flexibility index (Phi) is 4.34. The van der Waals surface area contributed by atoms with Gasteiger partial charge in [-0.05, 0) is 12.0 Å². The van der Waals surface area contributed by atoms with Crippen LogP contribution < -0.4 is 5.32 Å². The zero-order chi connectivity index (χ0) is 11.1. The maximum Gasteiger partial charge on any atom is 0.433 e. The Morgan fingerprint density at radius 2 is 2.07 bits per heavy atom. The summed E-state index contributed by atoms with van der Waals surface area (Å²) < 4.78 is 0. The van der Waals surface area contributed by atoms with E-state index in [1.807, 2.05) is 37.3 Å². The van der Waals surface area contributed by atoms with Crippen LogP contribution in [0.25, 0.3) is 0 Å². The predicted octanol–water partition coefficient (Wildman–Crippen LogP) is 2.16. The van der Waals surface area contributed by atoms with E-state index in [-0.39, 0.29) is 0 Å². The van der Waals surface area contributed by atoms with Crippen molar-refractivity contribution < 1.29 is 9.63 Å². The first kappa shape index (κ1) is 11.2. The summed E-state index contributed by atoms with van der Waals surface area (Å²) in [4.78, 5) is 15.5. The summed E-state index contributed by atoms with van der Waals surface area (Å²) >= 11 is 0. The Balaban J connectivity index is 2.76. The van der Waals surface area contributed by atoms with E-state index in [9.17, 15) is 4.79 Å². The first-order chi connectivity index (χ1) is 7.27. The van der Waals surface area contributed by atoms with Crippen molar-refractivity contribution in [2.45, 2.75) is 13.3 Å². The van der Waals surface area contributed by atoms with Crippen molar-refractivity contribution in [2.75, 3.05) is 7.05 Å². The molecule has 0 aromatic heterocycles. The average Bonchev–Trinajstić information content (AvgIpc) is 2.31. The van der Waals surface area contributed by atoms with Gasteiger partial charge in [0.15, 0.2) is 0 Å². The zero-order valence-electron chi connectivity index (χ0n) is 8.86. The van der Waals surface area contributed by atoms with Gasteiger partial charge in [-0.25, -0.2) is 4.79 Å². The molecular weight excluding hydrogens is 192 g/mol. The van der Waals surface area contributed by atoms with Gasteiger partial charge in [0, 0.05) is 7.05 Å². The summed E-state index contributed by atoms with van der Waals surface area (Å²) in [6, 6.07) is 9.61. The minimum atomic E-state index is -0.558. The van der Waals surface area contributed by atoms with Gasteiger partial charge in [0.1, 0.15) is 0 Å². The largest absolute Gasteiger partial charge is 0.433 e. The number of carbonyl (C=O) groups excluding carboxylic acids is 1. The second-order valence-corrected chi connectivity index (χ2v) is 2.89. The molecule has 0 radical (unpaired) electrons. The summed E-state index contributed by atoms with van der Waals surface area (Å²) in [7, 11) is 1.49. The Labute approximate surface area is 88.9 Å². The number of benzene rings is 1. The van der Waals surface area contributed by atoms with Crippen LogP contribution in [0, 0.1) is 0 Å². The monoisotopic (exact) mass is 206 g/mol. The first-order valence-corrected chi connectivity index (χ1v) is 4.79. The summed E-state index contributed by atoms with van der Waals surface area (Å²) in [5, 5.41) is 6.12. The summed E-state index contributed by atoms with van der Waals surface area (Å²) in [5.41, 5.74) is 1.71. The van der Waals surface area contributed by atoms with E-state index >= 15 is 0 Å². The van der Waals surface area contributed by atoms with Crippen molar-refractivity contribution >= 4 is 11.8 Å². The van der Waals surface area contributed by atoms with Crippen molar-refractivity contribution in [1.82, 2.24) is 5.32 Å². The molecule has 0 unspecified atom stereocenters. The van der Waals surface area contributed by atoms with E-state index in [2.05, 4.69) is 15.3 Å². The van der Waals surface area contributed by atoms with Crippen molar-refractivity contribution in [3.05, 3.63) is 35.9 Å². The highest BCUT2D eigenvalue weighted by Gasteiger charge is 2.02. The number of hydrogen-bond donors (Lipinski definition) is 1. The van der Waals surface area contributed by atoms with Crippen LogP contribution in [0.5, 0.6) is 0 Å². The molecule has 0 atom stereocenters. The van der Waals surface area contributed by atoms with Crippen molar-refractivity contribution in [3.8, 4) is 0 Å². The maximum atomic E-state index is 10.8. The van der Waals surface area contributed by atoms with Crippen LogP contribution in [0.1, 0.15) is 18.9 Å². The molecule has 1 rings (SSSR count). The minimum Gasteiger partial charge on any atom is -0.323 e. The molecule has 0 saturated carbocycles. The quantitative estimate of drug-likeness (QED) is 0.468. The van der Waals surface area contributed by atoms with E-state index in [0.717, 1.165) is 11.3 Å². The Bertz CT molecular complexity index is 347. The smallest absolute Gasteiger partial charge is 0.323 e. The number of amides is 1. The zero-order valence-corrected chi connectivity index (χ0v) is 8.86. The molecule has 0 heterocycles. The van der Waals surface area contributed by atoms with E-state index in [4.69, 9.17) is 0 Å². The second kappa shape index (κ2) is 5.80. The lowest BCUT2D eigenvalue weighted by Crippen LogP contribution is -2.17. The molecule has 4 heteroatoms. The van der Waals surface area contributed by atoms with Crippen LogP contribution in [0.4, 0.5) is 4.79 Å². The predicted molar refractivity (Wildman–Crippen MR) is 58.8 cm³/mol. The van der Waals surface area contributed by atoms with Gasteiger partial charge in [0.25, 0.3) is 0 Å². The molecule has 4 nitrogen and oxygen atoms in total. The van der Waals surface area contributed by atoms with Gasteiger partial charge in [-0.3, -0.25) is 4.84 Å². The van der Waals surface area contributed by atoms with Crippen molar-refractivity contribution in [2.24, 2.45) is 5.16 Å². The molecule has 0 bridgehead atoms. The number of oxime groups is 1. The topological polar surface area (TPSA) is 50.7 Å². The Morgan fingerprint density at radius 1 is 1.40 bits per heavy atom. The third-order valence-electron chi connectivity index (χ3n) is 1.88. The SMILES string of the molecule is CC/C(=N\OC(=O)NC)c1ccccc1. The van der Waals surface area contributed by atoms with Gasteiger partial charge in [-0.1, -0.05) is 42.4 Å². The van der Waals surface area contributed by atoms with Gasteiger partial charge in [-0.2, -0.15) is 0 Å². The molecule has 0 aliphatic heterocycles. The summed E-state index contributed by atoms with van der Waals surface area (Å²) in [5.74, 6) is 0. The number of carbonyl (C=O) groups is 1. The van der Waals surface area contributed by atoms with Gasteiger partial charge < -0.3 is 5.32 Å². The average molecular weight is 206 g/mol. The molecule has 0 saturated heterocycles. The normalized spacial score (nSPS) is 10.9. The van der Waals surface area contributed by atoms with E-state index in [1.54, 1.807) is 0 Å². The summed E-state index contributed by atoms with van der Waals surface area (Å²) in [6.45, 7) is 1.96. The lowest BCUT2D eigenvalue weighted by molar-refractivity contribution is 0.153. The van der Waals surface area contributed by atoms with Crippen molar-refractivity contribution in [1.29, 1.82) is 0 Å². The van der Waals surface area contributed by atoms with Gasteiger partial charge in [0.05, 0.1) is 5.71 Å². The highest BCUT2D eigenvalue weighted by atomic mass is 16.7. The maximum absolute atomic E-state index is 10.8. The molecule has 1 aromatic rings. The molecule has 0 aliphatic rings. The standard InChI is InChI=1S/C11H14N2O2/c1-3-10(13-15-11(14)12-2)9-7-5-4-6-8-9/h4-8H,3H2,1-2H3,(H,12,14)/b13-10+. The van der Waals surface area contributed by atoms with Gasteiger partial charge in [-0.15, -0.1) is 0 Å². The molecule has 15 heavy (non-hydrogen) atoms. The number of hydrogen-bond acceptors (Lipinski definition) is 3. The van der Waals surface area contributed by atoms with Crippen molar-refractivity contribution in [3.63, 3.8) is 0 Å². The van der Waals surface area contributed by atoms with Gasteiger partial charge in [0.2, 0.25) is 0 Å². The molecule has 80 valence electrons. The molecule has 1 amide bonds. The molecule has 0 fully saturated rings. The number of nitrogens with zero attached hydrogens (tertiary/aromatic N) is 1. The van der Waals surface area contributed by atoms with Crippen LogP contribution in [0.15, 0.2) is 35.5 Å². The van der Waals surface area contributed by atoms with E-state index < -0.39 is 6.09 Å². The first-order valence-electron chi connectivity index (χ1n) is 4.79. The van der Waals surface area contributed by atoms with Crippen LogP contribution in [0.3, 0.4) is 0 Å². The minimum absolute atomic E-state index is 0.558. The highest BCUT2D eigenvalue weighted by molar-refractivity contribution is 6.00. The van der Waals surface area contributed by atoms with Crippen LogP contribution >= 0.6 is 0 Å². The Morgan fingerprint density at radius 3 is 2.60 bits per heavy atom. The fourth-order valence-electron chi connectivity index (χ4n) is 1.09. The fourth-order valence-corrected chi connectivity index (χ4v) is 1.09. The summed E-state index contributed by atoms with van der Waals surface area (Å²) in [6.07, 6.45) is 0.151. The highest BCUT2D eigenvalue weighted by Crippen LogP contribution is 2.04. The molecule has 1 aromatic carbocycles. The van der Waals surface area contributed by atoms with E-state index in [1.165, 1.54) is 7.05 Å². The van der Waals surface area contributed by atoms with Crippen LogP contribution in [0.2, 0.25) is 0 Å². The third-order valence-corrected chi connectivity index (χ3v) is 1.88. The second-order valence-electron chi connectivity index (χ2n) is 2.89. The fraction of sp³-hybridized carbons (Fsp3) is 0.273. The number of rotatable bonds is 3. The van der Waals surface area contributed by atoms with Crippen LogP contribution in [-0.2, 0) is 4.84 Å². The Hall–Kier alpha value is -1.84. The lowest BCUT2D eigenvalue weighted by Gasteiger charge is -2.02. The molecule has 0 aliphatic carbocycles. The van der Waals surface area contributed by atoms with Crippen LogP contribution in [-0.4, -0.2) is 18.9 Å². The molecule has 1 N–H and O–H groups in total. The third kappa shape index (κ3) is 3.42. The van der Waals surface area contributed by atoms with Gasteiger partial charge >= 0.3 is 6.09 Å².